The second-order valence-electron chi connectivity index (χ2n) is 5.84. The van der Waals surface area contributed by atoms with Crippen molar-refractivity contribution in [3.05, 3.63) is 40.3 Å². The maximum absolute atomic E-state index is 12.5. The molecule has 1 saturated heterocycles. The summed E-state index contributed by atoms with van der Waals surface area (Å²) >= 11 is 6.42. The third kappa shape index (κ3) is 5.15. The molecule has 1 aromatic carbocycles. The number of nitrogens with zero attached hydrogens (tertiary/aromatic N) is 1. The van der Waals surface area contributed by atoms with Gasteiger partial charge in [0, 0.05) is 13.0 Å². The maximum atomic E-state index is 12.5. The fraction of sp³-hybridized carbons (Fsp3) is 0.333. The van der Waals surface area contributed by atoms with E-state index in [0.29, 0.717) is 9.23 Å². The molecule has 8 heteroatoms. The Morgan fingerprint density at radius 2 is 2.00 bits per heavy atom. The third-order valence-corrected chi connectivity index (χ3v) is 5.22. The molecule has 6 nitrogen and oxygen atoms in total. The van der Waals surface area contributed by atoms with Crippen molar-refractivity contribution in [3.8, 4) is 0 Å². The summed E-state index contributed by atoms with van der Waals surface area (Å²) in [7, 11) is 0. The minimum atomic E-state index is -1.33. The first-order valence-electron chi connectivity index (χ1n) is 8.14. The van der Waals surface area contributed by atoms with Crippen molar-refractivity contribution in [2.24, 2.45) is 0 Å². The van der Waals surface area contributed by atoms with Crippen LogP contribution in [0.4, 0.5) is 0 Å². The summed E-state index contributed by atoms with van der Waals surface area (Å²) in [6, 6.07) is 6.71. The topological polar surface area (TPSA) is 89.5 Å². The summed E-state index contributed by atoms with van der Waals surface area (Å²) in [5, 5.41) is 13.2. The highest BCUT2D eigenvalue weighted by atomic mass is 32.2. The molecule has 26 heavy (non-hydrogen) atoms. The Balaban J connectivity index is 1.97. The number of thioether (sulfide) groups is 1. The molecular formula is C18H19N2O4S2-. The van der Waals surface area contributed by atoms with Crippen LogP contribution in [0, 0.1) is 6.92 Å². The smallest absolute Gasteiger partial charge is 0.266 e. The molecule has 1 N–H and O–H groups in total. The Morgan fingerprint density at radius 1 is 1.35 bits per heavy atom. The van der Waals surface area contributed by atoms with Crippen molar-refractivity contribution < 1.29 is 19.5 Å². The Kier molecular flexibility index (Phi) is 6.93. The number of rotatable bonds is 7. The minimum Gasteiger partial charge on any atom is -0.548 e. The van der Waals surface area contributed by atoms with Gasteiger partial charge in [0.15, 0.2) is 0 Å². The fourth-order valence-corrected chi connectivity index (χ4v) is 3.62. The highest BCUT2D eigenvalue weighted by molar-refractivity contribution is 8.26. The number of carbonyl (C=O) groups is 3. The molecule has 1 fully saturated rings. The van der Waals surface area contributed by atoms with Crippen molar-refractivity contribution >= 4 is 52.2 Å². The van der Waals surface area contributed by atoms with Crippen LogP contribution in [0.25, 0.3) is 6.08 Å². The number of aryl methyl sites for hydroxylation is 1. The van der Waals surface area contributed by atoms with Gasteiger partial charge >= 0.3 is 0 Å². The zero-order chi connectivity index (χ0) is 19.3. The van der Waals surface area contributed by atoms with E-state index in [2.05, 4.69) is 5.32 Å². The van der Waals surface area contributed by atoms with Crippen molar-refractivity contribution in [1.82, 2.24) is 10.2 Å². The van der Waals surface area contributed by atoms with Crippen molar-refractivity contribution in [3.63, 3.8) is 0 Å². The van der Waals surface area contributed by atoms with Gasteiger partial charge < -0.3 is 15.2 Å². The van der Waals surface area contributed by atoms with Crippen LogP contribution in [0.3, 0.4) is 0 Å². The van der Waals surface area contributed by atoms with Crippen LogP contribution >= 0.6 is 24.0 Å². The summed E-state index contributed by atoms with van der Waals surface area (Å²) in [5.74, 6) is -2.04. The predicted octanol–water partition coefficient (Wildman–Crippen LogP) is 1.23. The number of benzene rings is 1. The predicted molar refractivity (Wildman–Crippen MR) is 103 cm³/mol. The molecular weight excluding hydrogens is 372 g/mol. The van der Waals surface area contributed by atoms with E-state index in [-0.39, 0.29) is 25.3 Å². The van der Waals surface area contributed by atoms with E-state index in [4.69, 9.17) is 12.2 Å². The second kappa shape index (κ2) is 8.95. The molecule has 1 aliphatic heterocycles. The SMILES string of the molecule is CC[C@H](NC(=O)CCN1C(=O)/C(=C\c2ccc(C)cc2)SC1=S)C(=O)[O-]. The molecule has 2 rings (SSSR count). The van der Waals surface area contributed by atoms with Crippen LogP contribution in [-0.4, -0.2) is 39.6 Å². The zero-order valence-electron chi connectivity index (χ0n) is 14.5. The molecule has 1 aliphatic rings. The first kappa shape index (κ1) is 20.1. The first-order valence-corrected chi connectivity index (χ1v) is 9.36. The van der Waals surface area contributed by atoms with Gasteiger partial charge in [0.1, 0.15) is 4.32 Å². The highest BCUT2D eigenvalue weighted by Crippen LogP contribution is 2.32. The van der Waals surface area contributed by atoms with Crippen LogP contribution in [-0.2, 0) is 14.4 Å². The normalized spacial score (nSPS) is 16.8. The number of hydrogen-bond acceptors (Lipinski definition) is 6. The monoisotopic (exact) mass is 391 g/mol. The molecule has 0 unspecified atom stereocenters. The van der Waals surface area contributed by atoms with Crippen molar-refractivity contribution in [2.75, 3.05) is 6.54 Å². The average molecular weight is 391 g/mol. The van der Waals surface area contributed by atoms with Gasteiger partial charge in [0.05, 0.1) is 16.9 Å². The summed E-state index contributed by atoms with van der Waals surface area (Å²) < 4.78 is 0.383. The molecule has 0 aliphatic carbocycles. The molecule has 0 bridgehead atoms. The van der Waals surface area contributed by atoms with Crippen LogP contribution in [0.5, 0.6) is 0 Å². The number of carboxylic acid groups (broad SMARTS) is 1. The van der Waals surface area contributed by atoms with E-state index in [1.165, 1.54) is 16.7 Å². The van der Waals surface area contributed by atoms with Gasteiger partial charge in [-0.1, -0.05) is 60.7 Å². The fourth-order valence-electron chi connectivity index (χ4n) is 2.31. The molecule has 0 saturated carbocycles. The van der Waals surface area contributed by atoms with Crippen LogP contribution in [0.2, 0.25) is 0 Å². The highest BCUT2D eigenvalue weighted by Gasteiger charge is 2.32. The van der Waals surface area contributed by atoms with Gasteiger partial charge in [-0.3, -0.25) is 14.5 Å². The zero-order valence-corrected chi connectivity index (χ0v) is 16.1. The summed E-state index contributed by atoms with van der Waals surface area (Å²) in [6.45, 7) is 3.72. The molecule has 1 aromatic rings. The van der Waals surface area contributed by atoms with Gasteiger partial charge in [0.25, 0.3) is 5.91 Å². The number of nitrogens with one attached hydrogen (secondary N) is 1. The van der Waals surface area contributed by atoms with E-state index < -0.39 is 17.9 Å². The van der Waals surface area contributed by atoms with E-state index in [0.717, 1.165) is 11.1 Å². The van der Waals surface area contributed by atoms with Gasteiger partial charge in [-0.05, 0) is 25.0 Å². The van der Waals surface area contributed by atoms with Crippen LogP contribution in [0.15, 0.2) is 29.2 Å². The van der Waals surface area contributed by atoms with Gasteiger partial charge in [-0.15, -0.1) is 0 Å². The van der Waals surface area contributed by atoms with Crippen LogP contribution in [0.1, 0.15) is 30.9 Å². The summed E-state index contributed by atoms with van der Waals surface area (Å²) in [4.78, 5) is 37.1. The van der Waals surface area contributed by atoms with Crippen molar-refractivity contribution in [1.29, 1.82) is 0 Å². The number of amides is 2. The molecule has 0 spiro atoms. The van der Waals surface area contributed by atoms with Gasteiger partial charge in [-0.2, -0.15) is 0 Å². The lowest BCUT2D eigenvalue weighted by Crippen LogP contribution is -2.48. The average Bonchev–Trinajstić information content (AvgIpc) is 2.86. The quantitative estimate of drug-likeness (QED) is 0.555. The number of aliphatic carboxylic acids is 1. The Labute approximate surface area is 161 Å². The lowest BCUT2D eigenvalue weighted by atomic mass is 10.1. The lowest BCUT2D eigenvalue weighted by molar-refractivity contribution is -0.308. The number of hydrogen-bond donors (Lipinski definition) is 1. The Bertz CT molecular complexity index is 759. The Morgan fingerprint density at radius 3 is 2.58 bits per heavy atom. The molecule has 138 valence electrons. The molecule has 2 amide bonds. The summed E-state index contributed by atoms with van der Waals surface area (Å²) in [5.41, 5.74) is 2.02. The van der Waals surface area contributed by atoms with E-state index in [9.17, 15) is 19.5 Å². The molecule has 1 heterocycles. The van der Waals surface area contributed by atoms with E-state index in [1.54, 1.807) is 13.0 Å². The molecule has 1 atom stereocenters. The number of thiocarbonyl (C=S) groups is 1. The number of carbonyl (C=O) groups excluding carboxylic acids is 3. The lowest BCUT2D eigenvalue weighted by Gasteiger charge is -2.19. The standard InChI is InChI=1S/C18H20N2O4S2/c1-3-13(17(23)24)19-15(21)8-9-20-16(22)14(26-18(20)25)10-12-6-4-11(2)5-7-12/h4-7,10,13H,3,8-9H2,1-2H3,(H,19,21)(H,23,24)/p-1/b14-10+/t13-/m0/s1. The maximum Gasteiger partial charge on any atom is 0.266 e. The molecule has 0 aromatic heterocycles. The minimum absolute atomic E-state index is 0.0337. The van der Waals surface area contributed by atoms with E-state index in [1.807, 2.05) is 31.2 Å². The van der Waals surface area contributed by atoms with E-state index >= 15 is 0 Å². The first-order chi connectivity index (χ1) is 12.3. The largest absolute Gasteiger partial charge is 0.548 e. The van der Waals surface area contributed by atoms with Gasteiger partial charge in [0.2, 0.25) is 5.91 Å². The third-order valence-electron chi connectivity index (χ3n) is 3.84. The Hall–Kier alpha value is -2.19. The van der Waals surface area contributed by atoms with Crippen LogP contribution < -0.4 is 10.4 Å². The van der Waals surface area contributed by atoms with Gasteiger partial charge in [-0.25, -0.2) is 0 Å². The van der Waals surface area contributed by atoms with Crippen molar-refractivity contribution in [2.45, 2.75) is 32.7 Å². The summed E-state index contributed by atoms with van der Waals surface area (Å²) in [6.07, 6.45) is 1.96. The second-order valence-corrected chi connectivity index (χ2v) is 7.52. The number of carboxylic acids is 1. The molecule has 0 radical (unpaired) electrons.